The number of ether oxygens (including phenoxy) is 1. The molecule has 0 aliphatic heterocycles. The second-order valence-corrected chi connectivity index (χ2v) is 5.48. The first-order chi connectivity index (χ1) is 10.2. The lowest BCUT2D eigenvalue weighted by Crippen LogP contribution is -3.00. The first kappa shape index (κ1) is 20.9. The Morgan fingerprint density at radius 1 is 1.05 bits per heavy atom. The average Bonchev–Trinajstić information content (AvgIpc) is 2.49. The topological polar surface area (TPSA) is 56.2 Å². The molecule has 0 aliphatic carbocycles. The number of nitrogens with two attached hydrogens (primary N) is 1. The summed E-state index contributed by atoms with van der Waals surface area (Å²) in [6.45, 7) is 3.56. The Labute approximate surface area is 140 Å². The summed E-state index contributed by atoms with van der Waals surface area (Å²) in [6, 6.07) is 3.42. The first-order valence-electron chi connectivity index (χ1n) is 8.10. The van der Waals surface area contributed by atoms with Crippen molar-refractivity contribution in [3.05, 3.63) is 30.1 Å². The third-order valence-corrected chi connectivity index (χ3v) is 3.56. The van der Waals surface area contributed by atoms with Gasteiger partial charge in [0.05, 0.1) is 12.2 Å². The molecule has 1 rings (SSSR count). The molecule has 0 fully saturated rings. The fourth-order valence-corrected chi connectivity index (χ4v) is 2.22. The number of carbonyl (C=O) groups is 1. The van der Waals surface area contributed by atoms with Crippen LogP contribution in [0.1, 0.15) is 68.6 Å². The number of hydrogen-bond donors (Lipinski definition) is 1. The Balaban J connectivity index is 0.00000441. The van der Waals surface area contributed by atoms with E-state index in [1.165, 1.54) is 44.9 Å². The van der Waals surface area contributed by atoms with E-state index in [0.29, 0.717) is 12.3 Å². The summed E-state index contributed by atoms with van der Waals surface area (Å²) < 4.78 is 7.51. The molecule has 0 spiro atoms. The highest BCUT2D eigenvalue weighted by molar-refractivity contribution is 5.92. The number of rotatable bonds is 12. The number of hydrogen-bond acceptors (Lipinski definition) is 2. The summed E-state index contributed by atoms with van der Waals surface area (Å²) in [4.78, 5) is 10.9. The normalized spacial score (nSPS) is 10.2. The molecule has 0 radical (unpaired) electrons. The van der Waals surface area contributed by atoms with E-state index in [0.717, 1.165) is 13.0 Å². The molecule has 1 heterocycles. The van der Waals surface area contributed by atoms with Gasteiger partial charge >= 0.3 is 0 Å². The third-order valence-electron chi connectivity index (χ3n) is 3.56. The van der Waals surface area contributed by atoms with Gasteiger partial charge in [-0.15, -0.1) is 0 Å². The number of primary amides is 1. The maximum Gasteiger partial charge on any atom is 0.252 e. The number of unbranched alkanes of at least 4 members (excludes halogenated alkanes) is 7. The van der Waals surface area contributed by atoms with E-state index in [4.69, 9.17) is 10.5 Å². The van der Waals surface area contributed by atoms with Gasteiger partial charge in [-0.05, 0) is 6.42 Å². The molecule has 1 aromatic heterocycles. The van der Waals surface area contributed by atoms with Crippen LogP contribution in [0.5, 0.6) is 0 Å². The van der Waals surface area contributed by atoms with Gasteiger partial charge in [-0.3, -0.25) is 4.79 Å². The maximum atomic E-state index is 10.9. The van der Waals surface area contributed by atoms with Crippen molar-refractivity contribution in [3.8, 4) is 0 Å². The van der Waals surface area contributed by atoms with Crippen molar-refractivity contribution in [2.24, 2.45) is 5.73 Å². The lowest BCUT2D eigenvalue weighted by molar-refractivity contribution is -0.732. The van der Waals surface area contributed by atoms with E-state index >= 15 is 0 Å². The average molecular weight is 329 g/mol. The number of halogens is 1. The Morgan fingerprint density at radius 2 is 1.59 bits per heavy atom. The van der Waals surface area contributed by atoms with Crippen molar-refractivity contribution >= 4 is 5.91 Å². The summed E-state index contributed by atoms with van der Waals surface area (Å²) in [7, 11) is 0. The molecule has 1 amide bonds. The number of nitrogens with zero attached hydrogens (tertiary/aromatic N) is 1. The van der Waals surface area contributed by atoms with Crippen LogP contribution in [0.25, 0.3) is 0 Å². The van der Waals surface area contributed by atoms with Gasteiger partial charge in [-0.1, -0.05) is 51.9 Å². The first-order valence-corrected chi connectivity index (χ1v) is 8.10. The summed E-state index contributed by atoms with van der Waals surface area (Å²) in [5.41, 5.74) is 5.71. The molecule has 1 aromatic rings. The van der Waals surface area contributed by atoms with Crippen LogP contribution in [0.15, 0.2) is 24.5 Å². The monoisotopic (exact) mass is 328 g/mol. The Hall–Kier alpha value is -1.13. The van der Waals surface area contributed by atoms with Crippen molar-refractivity contribution in [2.45, 2.75) is 65.0 Å². The minimum atomic E-state index is -0.401. The van der Waals surface area contributed by atoms with Crippen LogP contribution in [0.3, 0.4) is 0 Å². The molecule has 5 heteroatoms. The zero-order chi connectivity index (χ0) is 15.3. The smallest absolute Gasteiger partial charge is 0.252 e. The van der Waals surface area contributed by atoms with Crippen LogP contribution in [0.4, 0.5) is 0 Å². The highest BCUT2D eigenvalue weighted by atomic mass is 35.5. The molecule has 0 saturated carbocycles. The van der Waals surface area contributed by atoms with Crippen LogP contribution in [0, 0.1) is 0 Å². The Kier molecular flexibility index (Phi) is 12.8. The molecular weight excluding hydrogens is 300 g/mol. The van der Waals surface area contributed by atoms with Gasteiger partial charge in [0, 0.05) is 12.1 Å². The van der Waals surface area contributed by atoms with Gasteiger partial charge in [0.2, 0.25) is 5.91 Å². The molecule has 0 aliphatic rings. The van der Waals surface area contributed by atoms with Crippen LogP contribution in [0.2, 0.25) is 0 Å². The quantitative estimate of drug-likeness (QED) is 0.440. The molecular formula is C17H29ClN2O2. The van der Waals surface area contributed by atoms with E-state index in [1.54, 1.807) is 12.1 Å². The van der Waals surface area contributed by atoms with E-state index in [1.807, 2.05) is 17.0 Å². The molecule has 0 saturated heterocycles. The number of aromatic nitrogens is 1. The molecule has 2 N–H and O–H groups in total. The van der Waals surface area contributed by atoms with Crippen molar-refractivity contribution in [2.75, 3.05) is 6.61 Å². The lowest BCUT2D eigenvalue weighted by atomic mass is 10.1. The van der Waals surface area contributed by atoms with Crippen molar-refractivity contribution in [1.82, 2.24) is 0 Å². The third kappa shape index (κ3) is 9.74. The minimum Gasteiger partial charge on any atom is -1.00 e. The summed E-state index contributed by atoms with van der Waals surface area (Å²) in [5.74, 6) is -0.401. The van der Waals surface area contributed by atoms with E-state index < -0.39 is 5.91 Å². The molecule has 4 nitrogen and oxygen atoms in total. The fourth-order valence-electron chi connectivity index (χ4n) is 2.22. The van der Waals surface area contributed by atoms with Crippen molar-refractivity contribution in [1.29, 1.82) is 0 Å². The summed E-state index contributed by atoms with van der Waals surface area (Å²) in [6.07, 6.45) is 14.1. The molecule has 0 aromatic carbocycles. The fraction of sp³-hybridized carbons (Fsp3) is 0.647. The highest BCUT2D eigenvalue weighted by Crippen LogP contribution is 2.08. The van der Waals surface area contributed by atoms with Gasteiger partial charge in [0.15, 0.2) is 12.4 Å². The number of pyridine rings is 1. The van der Waals surface area contributed by atoms with Gasteiger partial charge in [0.1, 0.15) is 0 Å². The lowest BCUT2D eigenvalue weighted by Gasteiger charge is -2.02. The Morgan fingerprint density at radius 3 is 2.14 bits per heavy atom. The standard InChI is InChI=1S/C17H28N2O2.ClH/c1-2-3-4-5-6-7-8-9-14-21-15-19-12-10-16(11-13-19)17(18)20;/h10-13H,2-9,14-15H2,1H3,(H-,18,20);1H. The van der Waals surface area contributed by atoms with E-state index in [-0.39, 0.29) is 12.4 Å². The zero-order valence-corrected chi connectivity index (χ0v) is 14.4. The molecule has 0 atom stereocenters. The van der Waals surface area contributed by atoms with Crippen LogP contribution < -0.4 is 22.7 Å². The second-order valence-electron chi connectivity index (χ2n) is 5.48. The second kappa shape index (κ2) is 13.5. The van der Waals surface area contributed by atoms with E-state index in [9.17, 15) is 4.79 Å². The van der Waals surface area contributed by atoms with Gasteiger partial charge < -0.3 is 22.9 Å². The number of carbonyl (C=O) groups excluding carboxylic acids is 1. The maximum absolute atomic E-state index is 10.9. The minimum absolute atomic E-state index is 0. The number of amides is 1. The molecule has 0 bridgehead atoms. The van der Waals surface area contributed by atoms with E-state index in [2.05, 4.69) is 6.92 Å². The van der Waals surface area contributed by atoms with Crippen molar-refractivity contribution < 1.29 is 26.5 Å². The largest absolute Gasteiger partial charge is 1.00 e. The Bertz CT molecular complexity index is 396. The van der Waals surface area contributed by atoms with Gasteiger partial charge in [0.25, 0.3) is 6.73 Å². The van der Waals surface area contributed by atoms with Crippen molar-refractivity contribution in [3.63, 3.8) is 0 Å². The van der Waals surface area contributed by atoms with Crippen LogP contribution in [-0.2, 0) is 11.5 Å². The predicted molar refractivity (Wildman–Crippen MR) is 83.7 cm³/mol. The van der Waals surface area contributed by atoms with Crippen LogP contribution >= 0.6 is 0 Å². The van der Waals surface area contributed by atoms with Gasteiger partial charge in [-0.25, -0.2) is 0 Å². The highest BCUT2D eigenvalue weighted by Gasteiger charge is 2.04. The summed E-state index contributed by atoms with van der Waals surface area (Å²) in [5, 5.41) is 0. The zero-order valence-electron chi connectivity index (χ0n) is 13.6. The van der Waals surface area contributed by atoms with Gasteiger partial charge in [-0.2, -0.15) is 4.57 Å². The SMILES string of the molecule is CCCCCCCCCCOC[n+]1ccc(C(N)=O)cc1.[Cl-]. The summed E-state index contributed by atoms with van der Waals surface area (Å²) >= 11 is 0. The molecule has 0 unspecified atom stereocenters. The molecule has 126 valence electrons. The predicted octanol–water partition coefficient (Wildman–Crippen LogP) is 0.192. The van der Waals surface area contributed by atoms with Crippen LogP contribution in [-0.4, -0.2) is 12.5 Å². The molecule has 22 heavy (non-hydrogen) atoms.